The number of aromatic hydroxyl groups is 2. The first-order valence-electron chi connectivity index (χ1n) is 9.61. The van der Waals surface area contributed by atoms with Crippen LogP contribution < -0.4 is 4.84 Å². The topological polar surface area (TPSA) is 79.6 Å². The Bertz CT molecular complexity index is 1170. The average molecular weight is 417 g/mol. The molecule has 2 aliphatic rings. The Morgan fingerprint density at radius 1 is 1.17 bits per heavy atom. The van der Waals surface area contributed by atoms with Crippen molar-refractivity contribution >= 4 is 24.2 Å². The molecule has 0 spiro atoms. The zero-order chi connectivity index (χ0) is 22.0. The van der Waals surface area contributed by atoms with E-state index < -0.39 is 24.7 Å². The first-order valence-corrected chi connectivity index (χ1v) is 9.61. The Morgan fingerprint density at radius 2 is 1.80 bits per heavy atom. The number of carbonyl (C=O) groups excluding carboxylic acids is 1. The van der Waals surface area contributed by atoms with Crippen LogP contribution in [-0.2, 0) is 4.79 Å². The van der Waals surface area contributed by atoms with E-state index in [1.165, 1.54) is 12.1 Å². The molecular weight excluding hydrogens is 395 g/mol. The molecule has 0 fully saturated rings. The van der Waals surface area contributed by atoms with Gasteiger partial charge in [-0.3, -0.25) is 0 Å². The van der Waals surface area contributed by atoms with Crippen molar-refractivity contribution in [1.82, 2.24) is 9.21 Å². The Labute approximate surface area is 171 Å². The number of allylic oxidation sites excluding steroid dienone is 3. The predicted octanol–water partition coefficient (Wildman–Crippen LogP) is 3.13. The van der Waals surface area contributed by atoms with Crippen LogP contribution in [0.25, 0.3) is 5.57 Å². The fraction of sp³-hybridized carbons (Fsp3) is 0.300. The van der Waals surface area contributed by atoms with E-state index in [4.69, 9.17) is 4.84 Å². The van der Waals surface area contributed by atoms with E-state index in [-0.39, 0.29) is 12.8 Å². The molecule has 30 heavy (non-hydrogen) atoms. The molecule has 4 rings (SSSR count). The van der Waals surface area contributed by atoms with Gasteiger partial charge in [-0.1, -0.05) is 0 Å². The van der Waals surface area contributed by atoms with Crippen molar-refractivity contribution in [3.63, 3.8) is 0 Å². The predicted molar refractivity (Wildman–Crippen MR) is 107 cm³/mol. The summed E-state index contributed by atoms with van der Waals surface area (Å²) in [7, 11) is 0. The van der Waals surface area contributed by atoms with Crippen LogP contribution in [0.15, 0.2) is 35.5 Å². The highest BCUT2D eigenvalue weighted by Gasteiger charge is 2.54. The van der Waals surface area contributed by atoms with Gasteiger partial charge in [-0.25, -0.2) is 4.79 Å². The minimum Gasteiger partial charge on any atom is -0.492 e. The number of carbonyl (C=O) groups is 1. The number of hydrogen-bond acceptors (Lipinski definition) is 4. The summed E-state index contributed by atoms with van der Waals surface area (Å²) in [5, 5.41) is 19.3. The molecule has 10 heteroatoms. The molecule has 2 aliphatic heterocycles. The lowest BCUT2D eigenvalue weighted by molar-refractivity contribution is -0.363. The second-order valence-corrected chi connectivity index (χ2v) is 7.75. The van der Waals surface area contributed by atoms with Crippen LogP contribution in [0.4, 0.5) is 8.63 Å². The first-order chi connectivity index (χ1) is 14.0. The minimum atomic E-state index is -4.06. The van der Waals surface area contributed by atoms with Crippen LogP contribution in [0, 0.1) is 13.8 Å². The molecule has 0 saturated carbocycles. The zero-order valence-electron chi connectivity index (χ0n) is 17.1. The summed E-state index contributed by atoms with van der Waals surface area (Å²) in [5.41, 5.74) is 3.80. The van der Waals surface area contributed by atoms with Crippen molar-refractivity contribution in [2.75, 3.05) is 0 Å². The molecule has 0 aliphatic carbocycles. The minimum absolute atomic E-state index is 0.127. The van der Waals surface area contributed by atoms with Gasteiger partial charge in [-0.15, -0.1) is 4.73 Å². The second kappa shape index (κ2) is 6.61. The van der Waals surface area contributed by atoms with E-state index in [9.17, 15) is 15.0 Å². The van der Waals surface area contributed by atoms with Crippen molar-refractivity contribution in [1.29, 1.82) is 0 Å². The van der Waals surface area contributed by atoms with Gasteiger partial charge in [-0.2, -0.15) is 0 Å². The molecule has 2 aromatic rings. The summed E-state index contributed by atoms with van der Waals surface area (Å²) >= 11 is 0. The molecule has 2 N–H and O–H groups in total. The Morgan fingerprint density at radius 3 is 2.43 bits per heavy atom. The molecule has 0 aromatic carbocycles. The van der Waals surface area contributed by atoms with Crippen molar-refractivity contribution in [3.05, 3.63) is 52.5 Å². The monoisotopic (exact) mass is 417 g/mol. The van der Waals surface area contributed by atoms with E-state index in [2.05, 4.69) is 0 Å². The van der Waals surface area contributed by atoms with Crippen LogP contribution >= 0.6 is 0 Å². The lowest BCUT2D eigenvalue weighted by Gasteiger charge is -2.33. The maximum absolute atomic E-state index is 15.5. The van der Waals surface area contributed by atoms with E-state index in [1.807, 2.05) is 0 Å². The van der Waals surface area contributed by atoms with E-state index in [0.29, 0.717) is 44.2 Å². The van der Waals surface area contributed by atoms with Crippen molar-refractivity contribution in [2.24, 2.45) is 0 Å². The van der Waals surface area contributed by atoms with Gasteiger partial charge >= 0.3 is 12.9 Å². The second-order valence-electron chi connectivity index (χ2n) is 7.75. The van der Waals surface area contributed by atoms with Crippen molar-refractivity contribution in [3.8, 4) is 11.8 Å². The highest BCUT2D eigenvalue weighted by Crippen LogP contribution is 2.43. The first kappa shape index (κ1) is 20.0. The van der Waals surface area contributed by atoms with E-state index >= 15 is 8.63 Å². The zero-order valence-corrected chi connectivity index (χ0v) is 17.1. The van der Waals surface area contributed by atoms with Gasteiger partial charge in [0.15, 0.2) is 5.70 Å². The van der Waals surface area contributed by atoms with Crippen LogP contribution in [0.1, 0.15) is 43.6 Å². The van der Waals surface area contributed by atoms with Gasteiger partial charge in [0.05, 0.1) is 6.42 Å². The van der Waals surface area contributed by atoms with Crippen LogP contribution in [0.2, 0.25) is 0 Å². The largest absolute Gasteiger partial charge is 0.737 e. The molecule has 0 bridgehead atoms. The molecule has 158 valence electrons. The van der Waals surface area contributed by atoms with Crippen LogP contribution in [-0.4, -0.2) is 42.6 Å². The summed E-state index contributed by atoms with van der Waals surface area (Å²) < 4.78 is 33.7. The number of aryl methyl sites for hydroxylation is 2. The number of halogens is 2. The fourth-order valence-electron chi connectivity index (χ4n) is 4.54. The highest BCUT2D eigenvalue weighted by atomic mass is 19.2. The maximum atomic E-state index is 15.5. The summed E-state index contributed by atoms with van der Waals surface area (Å²) in [6.07, 6.45) is 1.75. The van der Waals surface area contributed by atoms with Gasteiger partial charge in [0.25, 0.3) is 0 Å². The molecule has 7 nitrogen and oxygen atoms in total. The third-order valence-electron chi connectivity index (χ3n) is 5.60. The van der Waals surface area contributed by atoms with Crippen LogP contribution in [0.5, 0.6) is 11.8 Å². The third-order valence-corrected chi connectivity index (χ3v) is 5.60. The number of hydrogen-bond donors (Lipinski definition) is 2. The highest BCUT2D eigenvalue weighted by molar-refractivity contribution is 6.58. The third kappa shape index (κ3) is 2.78. The number of nitrogens with zero attached hydrogens (tertiary/aromatic N) is 3. The quantitative estimate of drug-likeness (QED) is 0.750. The standard InChI is InChI=1S/C20H22BF2N3O4/c1-11-9-13(3)24-19(11)15(20-12(2)10-14(4)25(20)21(24,22)23)5-8-18(29)30-26-16(27)6-7-17(26)28/h6-7,9-10,27-28H,5,8H2,1-4H3. The van der Waals surface area contributed by atoms with Gasteiger partial charge in [0.2, 0.25) is 11.8 Å². The summed E-state index contributed by atoms with van der Waals surface area (Å²) in [6, 6.07) is 4.08. The number of rotatable bonds is 4. The van der Waals surface area contributed by atoms with Gasteiger partial charge < -0.3 is 32.6 Å². The van der Waals surface area contributed by atoms with Crippen molar-refractivity contribution < 1.29 is 33.0 Å². The molecule has 0 radical (unpaired) electrons. The molecule has 4 heterocycles. The summed E-state index contributed by atoms with van der Waals surface area (Å²) in [4.78, 5) is 17.4. The lowest BCUT2D eigenvalue weighted by Crippen LogP contribution is -2.51. The van der Waals surface area contributed by atoms with Gasteiger partial charge in [-0.05, 0) is 44.5 Å². The van der Waals surface area contributed by atoms with Gasteiger partial charge in [0, 0.05) is 42.0 Å². The normalized spacial score (nSPS) is 17.2. The lowest BCUT2D eigenvalue weighted by atomic mass is 9.85. The Balaban J connectivity index is 1.73. The molecule has 0 unspecified atom stereocenters. The van der Waals surface area contributed by atoms with Gasteiger partial charge in [0.1, 0.15) is 5.71 Å². The van der Waals surface area contributed by atoms with Crippen molar-refractivity contribution in [2.45, 2.75) is 40.5 Å². The summed E-state index contributed by atoms with van der Waals surface area (Å²) in [5.74, 6) is -1.56. The average Bonchev–Trinajstić information content (AvgIpc) is 3.24. The summed E-state index contributed by atoms with van der Waals surface area (Å²) in [6.45, 7) is 2.79. The molecule has 0 saturated heterocycles. The smallest absolute Gasteiger partial charge is 0.492 e. The fourth-order valence-corrected chi connectivity index (χ4v) is 4.54. The number of aromatic nitrogens is 2. The van der Waals surface area contributed by atoms with E-state index in [1.54, 1.807) is 39.8 Å². The number of fused-ring (bicyclic) bond motifs is 2. The Hall–Kier alpha value is -3.30. The SMILES string of the molecule is CC1=CC(C)=[N+]2C1=C(CCC(=O)On1c(O)ccc1O)c1c(C)cc(C)n1[B-]2(F)F. The molecule has 0 atom stereocenters. The maximum Gasteiger partial charge on any atom is 0.737 e. The van der Waals surface area contributed by atoms with Crippen LogP contribution in [0.3, 0.4) is 0 Å². The Kier molecular flexibility index (Phi) is 4.41. The van der Waals surface area contributed by atoms with E-state index in [0.717, 1.165) is 8.96 Å². The molecular formula is C20H22BF2N3O4. The molecule has 2 aromatic heterocycles. The molecule has 0 amide bonds.